The summed E-state index contributed by atoms with van der Waals surface area (Å²) >= 11 is 0. The van der Waals surface area contributed by atoms with Crippen LogP contribution in [0.1, 0.15) is 70.5 Å². The normalized spacial score (nSPS) is 20.6. The van der Waals surface area contributed by atoms with Gasteiger partial charge in [0.05, 0.1) is 5.57 Å². The zero-order valence-corrected chi connectivity index (χ0v) is 16.6. The molecule has 1 unspecified atom stereocenters. The highest BCUT2D eigenvalue weighted by Gasteiger charge is 2.35. The molecule has 0 saturated carbocycles. The maximum Gasteiger partial charge on any atom is 0.197 e. The Kier molecular flexibility index (Phi) is 3.88. The van der Waals surface area contributed by atoms with Crippen molar-refractivity contribution in [3.05, 3.63) is 69.8 Å². The molecule has 1 atom stereocenters. The van der Waals surface area contributed by atoms with Gasteiger partial charge >= 0.3 is 0 Å². The number of hydrogen-bond acceptors (Lipinski definition) is 3. The van der Waals surface area contributed by atoms with Crippen molar-refractivity contribution in [2.45, 2.75) is 45.6 Å². The van der Waals surface area contributed by atoms with Crippen LogP contribution in [-0.2, 0) is 0 Å². The second-order valence-corrected chi connectivity index (χ2v) is 8.51. The average molecular weight is 359 g/mol. The van der Waals surface area contributed by atoms with Gasteiger partial charge < -0.3 is 4.90 Å². The van der Waals surface area contributed by atoms with E-state index in [1.54, 1.807) is 30.3 Å². The first kappa shape index (κ1) is 17.7. The van der Waals surface area contributed by atoms with E-state index in [0.717, 1.165) is 17.5 Å². The number of allylic oxidation sites excluding steroid dienone is 1. The molecule has 0 saturated heterocycles. The summed E-state index contributed by atoms with van der Waals surface area (Å²) in [4.78, 5) is 27.8. The summed E-state index contributed by atoms with van der Waals surface area (Å²) in [6.45, 7) is 8.83. The number of ketones is 2. The summed E-state index contributed by atoms with van der Waals surface area (Å²) in [5.41, 5.74) is 5.97. The molecule has 0 amide bonds. The molecule has 0 fully saturated rings. The molecule has 1 heterocycles. The summed E-state index contributed by atoms with van der Waals surface area (Å²) in [5.74, 6) is 0.0918. The quantitative estimate of drug-likeness (QED) is 0.520. The summed E-state index contributed by atoms with van der Waals surface area (Å²) in [6, 6.07) is 11.4. The molecule has 0 radical (unpaired) electrons. The SMILES string of the molecule is Cc1cc2c(cc1C=C1C(=O)c3ccccc3C1=O)C(C)CC(C)(C)N2C. The molecule has 0 spiro atoms. The maximum absolute atomic E-state index is 12.7. The smallest absolute Gasteiger partial charge is 0.197 e. The third kappa shape index (κ3) is 2.64. The van der Waals surface area contributed by atoms with Crippen LogP contribution in [0, 0.1) is 6.92 Å². The minimum absolute atomic E-state index is 0.109. The van der Waals surface area contributed by atoms with Gasteiger partial charge in [0.25, 0.3) is 0 Å². The van der Waals surface area contributed by atoms with Crippen LogP contribution >= 0.6 is 0 Å². The van der Waals surface area contributed by atoms with Crippen molar-refractivity contribution in [3.8, 4) is 0 Å². The van der Waals surface area contributed by atoms with Gasteiger partial charge in [-0.3, -0.25) is 9.59 Å². The fourth-order valence-corrected chi connectivity index (χ4v) is 4.45. The summed E-state index contributed by atoms with van der Waals surface area (Å²) in [5, 5.41) is 0. The van der Waals surface area contributed by atoms with Crippen LogP contribution in [0.25, 0.3) is 6.08 Å². The topological polar surface area (TPSA) is 37.4 Å². The number of rotatable bonds is 1. The van der Waals surface area contributed by atoms with Crippen molar-refractivity contribution < 1.29 is 9.59 Å². The number of carbonyl (C=O) groups is 2. The Hall–Kier alpha value is -2.68. The lowest BCUT2D eigenvalue weighted by Gasteiger charge is -2.45. The van der Waals surface area contributed by atoms with Crippen LogP contribution in [0.3, 0.4) is 0 Å². The molecular formula is C24H25NO2. The number of fused-ring (bicyclic) bond motifs is 2. The minimum Gasteiger partial charge on any atom is -0.369 e. The van der Waals surface area contributed by atoms with Gasteiger partial charge in [-0.15, -0.1) is 0 Å². The first-order chi connectivity index (χ1) is 12.7. The highest BCUT2D eigenvalue weighted by atomic mass is 16.2. The molecule has 138 valence electrons. The summed E-state index contributed by atoms with van der Waals surface area (Å²) in [6.07, 6.45) is 2.85. The molecule has 1 aliphatic heterocycles. The highest BCUT2D eigenvalue weighted by molar-refractivity contribution is 6.41. The summed E-state index contributed by atoms with van der Waals surface area (Å²) in [7, 11) is 2.14. The maximum atomic E-state index is 12.7. The van der Waals surface area contributed by atoms with Gasteiger partial charge in [0.2, 0.25) is 0 Å². The van der Waals surface area contributed by atoms with E-state index in [-0.39, 0.29) is 22.7 Å². The molecule has 2 aromatic rings. The zero-order valence-electron chi connectivity index (χ0n) is 16.6. The number of benzene rings is 2. The van der Waals surface area contributed by atoms with Crippen LogP contribution in [0.4, 0.5) is 5.69 Å². The van der Waals surface area contributed by atoms with Gasteiger partial charge in [0.15, 0.2) is 11.6 Å². The van der Waals surface area contributed by atoms with Crippen LogP contribution in [-0.4, -0.2) is 24.2 Å². The lowest BCUT2D eigenvalue weighted by molar-refractivity contribution is 0.0990. The monoisotopic (exact) mass is 359 g/mol. The Balaban J connectivity index is 1.81. The van der Waals surface area contributed by atoms with Crippen LogP contribution in [0.2, 0.25) is 0 Å². The minimum atomic E-state index is -0.168. The van der Waals surface area contributed by atoms with Crippen LogP contribution in [0.15, 0.2) is 42.0 Å². The molecule has 3 heteroatoms. The van der Waals surface area contributed by atoms with Crippen molar-refractivity contribution in [2.75, 3.05) is 11.9 Å². The lowest BCUT2D eigenvalue weighted by Crippen LogP contribution is -2.45. The average Bonchev–Trinajstić information content (AvgIpc) is 2.86. The molecule has 2 aliphatic rings. The second-order valence-electron chi connectivity index (χ2n) is 8.51. The van der Waals surface area contributed by atoms with Crippen molar-refractivity contribution in [1.29, 1.82) is 0 Å². The van der Waals surface area contributed by atoms with Gasteiger partial charge in [0.1, 0.15) is 0 Å². The lowest BCUT2D eigenvalue weighted by atomic mass is 9.79. The number of Topliss-reactive ketones (excluding diaryl/α,β-unsaturated/α-hetero) is 2. The third-order valence-corrected chi connectivity index (χ3v) is 6.23. The first-order valence-electron chi connectivity index (χ1n) is 9.49. The van der Waals surface area contributed by atoms with Gasteiger partial charge in [-0.05, 0) is 68.0 Å². The Bertz CT molecular complexity index is 976. The van der Waals surface area contributed by atoms with Crippen molar-refractivity contribution in [3.63, 3.8) is 0 Å². The van der Waals surface area contributed by atoms with Gasteiger partial charge in [-0.2, -0.15) is 0 Å². The molecule has 0 bridgehead atoms. The van der Waals surface area contributed by atoms with Crippen molar-refractivity contribution in [2.24, 2.45) is 0 Å². The standard InChI is InChI=1S/C24H25NO2/c1-14-10-21-19(15(2)13-24(3,4)25(21)5)11-16(14)12-20-22(26)17-8-6-7-9-18(17)23(20)27/h6-12,15H,13H2,1-5H3. The Morgan fingerprint density at radius 1 is 1.07 bits per heavy atom. The van der Waals surface area contributed by atoms with E-state index >= 15 is 0 Å². The van der Waals surface area contributed by atoms with Crippen molar-refractivity contribution in [1.82, 2.24) is 0 Å². The molecular weight excluding hydrogens is 334 g/mol. The number of nitrogens with zero attached hydrogens (tertiary/aromatic N) is 1. The number of carbonyl (C=O) groups excluding carboxylic acids is 2. The third-order valence-electron chi connectivity index (χ3n) is 6.23. The molecule has 4 rings (SSSR count). The van der Waals surface area contributed by atoms with E-state index in [1.165, 1.54) is 11.3 Å². The van der Waals surface area contributed by atoms with Gasteiger partial charge in [-0.25, -0.2) is 0 Å². The van der Waals surface area contributed by atoms with Crippen LogP contribution < -0.4 is 4.90 Å². The van der Waals surface area contributed by atoms with E-state index in [1.807, 2.05) is 6.92 Å². The second kappa shape index (κ2) is 5.91. The fourth-order valence-electron chi connectivity index (χ4n) is 4.45. The predicted molar refractivity (Wildman–Crippen MR) is 110 cm³/mol. The molecule has 27 heavy (non-hydrogen) atoms. The number of anilines is 1. The van der Waals surface area contributed by atoms with E-state index in [2.05, 4.69) is 44.9 Å². The molecule has 2 aromatic carbocycles. The van der Waals surface area contributed by atoms with Crippen molar-refractivity contribution >= 4 is 23.3 Å². The van der Waals surface area contributed by atoms with Gasteiger partial charge in [0, 0.05) is 29.4 Å². The Morgan fingerprint density at radius 3 is 2.26 bits per heavy atom. The predicted octanol–water partition coefficient (Wildman–Crippen LogP) is 5.18. The largest absolute Gasteiger partial charge is 0.369 e. The number of aryl methyl sites for hydroxylation is 1. The molecule has 3 nitrogen and oxygen atoms in total. The zero-order chi connectivity index (χ0) is 19.5. The van der Waals surface area contributed by atoms with E-state index in [0.29, 0.717) is 17.0 Å². The van der Waals surface area contributed by atoms with Crippen LogP contribution in [0.5, 0.6) is 0 Å². The van der Waals surface area contributed by atoms with E-state index < -0.39 is 0 Å². The Labute approximate surface area is 160 Å². The molecule has 1 aliphatic carbocycles. The fraction of sp³-hybridized carbons (Fsp3) is 0.333. The Morgan fingerprint density at radius 2 is 1.67 bits per heavy atom. The molecule has 0 aromatic heterocycles. The first-order valence-corrected chi connectivity index (χ1v) is 9.49. The summed E-state index contributed by atoms with van der Waals surface area (Å²) < 4.78 is 0. The van der Waals surface area contributed by atoms with Gasteiger partial charge in [-0.1, -0.05) is 31.2 Å². The number of hydrogen-bond donors (Lipinski definition) is 0. The van der Waals surface area contributed by atoms with E-state index in [4.69, 9.17) is 0 Å². The van der Waals surface area contributed by atoms with E-state index in [9.17, 15) is 9.59 Å². The highest BCUT2D eigenvalue weighted by Crippen LogP contribution is 2.43. The molecule has 0 N–H and O–H groups in total.